The molecule has 0 saturated carbocycles. The van der Waals surface area contributed by atoms with Gasteiger partial charge < -0.3 is 9.80 Å². The first-order valence-electron chi connectivity index (χ1n) is 11.1. The highest BCUT2D eigenvalue weighted by Gasteiger charge is 2.29. The van der Waals surface area contributed by atoms with Crippen molar-refractivity contribution in [2.45, 2.75) is 6.54 Å². The summed E-state index contributed by atoms with van der Waals surface area (Å²) in [6.07, 6.45) is 0. The summed E-state index contributed by atoms with van der Waals surface area (Å²) in [5.41, 5.74) is 4.03. The summed E-state index contributed by atoms with van der Waals surface area (Å²) >= 11 is 0. The van der Waals surface area contributed by atoms with Crippen molar-refractivity contribution >= 4 is 17.5 Å². The van der Waals surface area contributed by atoms with Crippen molar-refractivity contribution in [2.24, 2.45) is 0 Å². The molecule has 0 atom stereocenters. The standard InChI is InChI=1S/C27H23FN4O2/c28-22-12-7-13-23(16-22)31-15-14-30(18-27(31)34)26(33)19-32-25(21-10-5-2-6-11-21)17-24(29-32)20-8-3-1-4-9-20/h1-13,16-17H,14-15,18-19H2. The molecular formula is C27H23FN4O2. The lowest BCUT2D eigenvalue weighted by atomic mass is 10.1. The van der Waals surface area contributed by atoms with E-state index in [9.17, 15) is 14.0 Å². The molecule has 0 bridgehead atoms. The van der Waals surface area contributed by atoms with E-state index in [0.717, 1.165) is 22.5 Å². The third kappa shape index (κ3) is 4.45. The first kappa shape index (κ1) is 21.6. The van der Waals surface area contributed by atoms with E-state index >= 15 is 0 Å². The Balaban J connectivity index is 1.36. The van der Waals surface area contributed by atoms with Crippen LogP contribution < -0.4 is 4.90 Å². The van der Waals surface area contributed by atoms with Gasteiger partial charge in [0.1, 0.15) is 18.9 Å². The summed E-state index contributed by atoms with van der Waals surface area (Å²) in [6, 6.07) is 27.5. The van der Waals surface area contributed by atoms with Crippen LogP contribution in [-0.2, 0) is 16.1 Å². The molecule has 0 radical (unpaired) electrons. The van der Waals surface area contributed by atoms with Crippen molar-refractivity contribution in [2.75, 3.05) is 24.5 Å². The van der Waals surface area contributed by atoms with Gasteiger partial charge in [-0.3, -0.25) is 14.3 Å². The van der Waals surface area contributed by atoms with Gasteiger partial charge in [0, 0.05) is 24.3 Å². The Morgan fingerprint density at radius 1 is 0.853 bits per heavy atom. The number of anilines is 1. The van der Waals surface area contributed by atoms with Gasteiger partial charge in [0.25, 0.3) is 0 Å². The van der Waals surface area contributed by atoms with Gasteiger partial charge in [-0.15, -0.1) is 0 Å². The Morgan fingerprint density at radius 2 is 1.56 bits per heavy atom. The highest BCUT2D eigenvalue weighted by atomic mass is 19.1. The number of nitrogens with zero attached hydrogens (tertiary/aromatic N) is 4. The maximum Gasteiger partial charge on any atom is 0.246 e. The molecule has 0 N–H and O–H groups in total. The number of carbonyl (C=O) groups is 2. The summed E-state index contributed by atoms with van der Waals surface area (Å²) in [6.45, 7) is 0.648. The first-order valence-corrected chi connectivity index (χ1v) is 11.1. The van der Waals surface area contributed by atoms with E-state index in [0.29, 0.717) is 18.8 Å². The Labute approximate surface area is 196 Å². The van der Waals surface area contributed by atoms with Crippen LogP contribution in [0.1, 0.15) is 0 Å². The quantitative estimate of drug-likeness (QED) is 0.454. The third-order valence-electron chi connectivity index (χ3n) is 5.90. The summed E-state index contributed by atoms with van der Waals surface area (Å²) in [5.74, 6) is -0.823. The lowest BCUT2D eigenvalue weighted by Gasteiger charge is -2.34. The van der Waals surface area contributed by atoms with E-state index in [1.165, 1.54) is 21.9 Å². The Kier molecular flexibility index (Phi) is 5.91. The molecular weight excluding hydrogens is 431 g/mol. The number of piperazine rings is 1. The Hall–Kier alpha value is -4.26. The van der Waals surface area contributed by atoms with Crippen LogP contribution in [0.2, 0.25) is 0 Å². The van der Waals surface area contributed by atoms with Crippen molar-refractivity contribution in [1.82, 2.24) is 14.7 Å². The summed E-state index contributed by atoms with van der Waals surface area (Å²) < 4.78 is 15.3. The molecule has 1 aliphatic heterocycles. The van der Waals surface area contributed by atoms with E-state index in [4.69, 9.17) is 5.10 Å². The highest BCUT2D eigenvalue weighted by molar-refractivity contribution is 5.98. The fourth-order valence-corrected chi connectivity index (χ4v) is 4.16. The van der Waals surface area contributed by atoms with E-state index in [1.807, 2.05) is 66.7 Å². The number of carbonyl (C=O) groups excluding carboxylic acids is 2. The molecule has 6 nitrogen and oxygen atoms in total. The van der Waals surface area contributed by atoms with Crippen molar-refractivity contribution in [3.63, 3.8) is 0 Å². The van der Waals surface area contributed by atoms with Gasteiger partial charge in [0.2, 0.25) is 11.8 Å². The number of amides is 2. The van der Waals surface area contributed by atoms with Crippen LogP contribution in [0.5, 0.6) is 0 Å². The molecule has 5 rings (SSSR count). The lowest BCUT2D eigenvalue weighted by Crippen LogP contribution is -2.53. The molecule has 2 heterocycles. The predicted molar refractivity (Wildman–Crippen MR) is 128 cm³/mol. The fraction of sp³-hybridized carbons (Fsp3) is 0.148. The largest absolute Gasteiger partial charge is 0.330 e. The van der Waals surface area contributed by atoms with Crippen molar-refractivity contribution in [1.29, 1.82) is 0 Å². The van der Waals surface area contributed by atoms with Crippen molar-refractivity contribution < 1.29 is 14.0 Å². The molecule has 4 aromatic rings. The van der Waals surface area contributed by atoms with Crippen molar-refractivity contribution in [3.8, 4) is 22.5 Å². The van der Waals surface area contributed by atoms with Crippen molar-refractivity contribution in [3.05, 3.63) is 96.8 Å². The zero-order valence-corrected chi connectivity index (χ0v) is 18.5. The third-order valence-corrected chi connectivity index (χ3v) is 5.90. The lowest BCUT2D eigenvalue weighted by molar-refractivity contribution is -0.137. The summed E-state index contributed by atoms with van der Waals surface area (Å²) in [4.78, 5) is 29.0. The molecule has 1 fully saturated rings. The maximum absolute atomic E-state index is 13.6. The minimum Gasteiger partial charge on any atom is -0.330 e. The SMILES string of the molecule is O=C(Cn1nc(-c2ccccc2)cc1-c1ccccc1)N1CCN(c2cccc(F)c2)C(=O)C1. The van der Waals surface area contributed by atoms with Crippen LogP contribution >= 0.6 is 0 Å². The minimum absolute atomic E-state index is 0.0182. The second-order valence-electron chi connectivity index (χ2n) is 8.15. The molecule has 3 aromatic carbocycles. The molecule has 2 amide bonds. The molecule has 170 valence electrons. The monoisotopic (exact) mass is 454 g/mol. The van der Waals surface area contributed by atoms with Gasteiger partial charge >= 0.3 is 0 Å². The summed E-state index contributed by atoms with van der Waals surface area (Å²) in [7, 11) is 0. The smallest absolute Gasteiger partial charge is 0.246 e. The fourth-order valence-electron chi connectivity index (χ4n) is 4.16. The minimum atomic E-state index is -0.398. The first-order chi connectivity index (χ1) is 16.6. The van der Waals surface area contributed by atoms with Crippen LogP contribution in [-0.4, -0.2) is 46.1 Å². The number of hydrogen-bond acceptors (Lipinski definition) is 3. The van der Waals surface area contributed by atoms with E-state index < -0.39 is 5.82 Å². The molecule has 0 spiro atoms. The van der Waals surface area contributed by atoms with Crippen LogP contribution in [0.15, 0.2) is 91.0 Å². The molecule has 1 aromatic heterocycles. The molecule has 1 saturated heterocycles. The molecule has 0 aliphatic carbocycles. The maximum atomic E-state index is 13.6. The Morgan fingerprint density at radius 3 is 2.24 bits per heavy atom. The number of benzene rings is 3. The number of rotatable bonds is 5. The second kappa shape index (κ2) is 9.31. The molecule has 34 heavy (non-hydrogen) atoms. The second-order valence-corrected chi connectivity index (χ2v) is 8.15. The normalized spacial score (nSPS) is 13.9. The number of halogens is 1. The zero-order valence-electron chi connectivity index (χ0n) is 18.5. The number of hydrogen-bond donors (Lipinski definition) is 0. The summed E-state index contributed by atoms with van der Waals surface area (Å²) in [5, 5.41) is 4.72. The van der Waals surface area contributed by atoms with Crippen LogP contribution in [0.4, 0.5) is 10.1 Å². The van der Waals surface area contributed by atoms with Crippen LogP contribution in [0.3, 0.4) is 0 Å². The topological polar surface area (TPSA) is 58.4 Å². The van der Waals surface area contributed by atoms with Crippen LogP contribution in [0.25, 0.3) is 22.5 Å². The molecule has 0 unspecified atom stereocenters. The van der Waals surface area contributed by atoms with E-state index in [1.54, 1.807) is 16.8 Å². The average molecular weight is 455 g/mol. The van der Waals surface area contributed by atoms with E-state index in [-0.39, 0.29) is 24.9 Å². The van der Waals surface area contributed by atoms with Gasteiger partial charge in [-0.2, -0.15) is 5.10 Å². The van der Waals surface area contributed by atoms with Gasteiger partial charge in [-0.25, -0.2) is 4.39 Å². The van der Waals surface area contributed by atoms with Gasteiger partial charge in [-0.05, 0) is 29.8 Å². The average Bonchev–Trinajstić information content (AvgIpc) is 3.29. The Bertz CT molecular complexity index is 1320. The van der Waals surface area contributed by atoms with Gasteiger partial charge in [-0.1, -0.05) is 66.7 Å². The molecule has 7 heteroatoms. The molecule has 1 aliphatic rings. The number of aromatic nitrogens is 2. The van der Waals surface area contributed by atoms with E-state index in [2.05, 4.69) is 0 Å². The highest BCUT2D eigenvalue weighted by Crippen LogP contribution is 2.26. The van der Waals surface area contributed by atoms with Gasteiger partial charge in [0.05, 0.1) is 11.4 Å². The van der Waals surface area contributed by atoms with Crippen LogP contribution in [0, 0.1) is 5.82 Å². The predicted octanol–water partition coefficient (Wildman–Crippen LogP) is 4.23. The van der Waals surface area contributed by atoms with Gasteiger partial charge in [0.15, 0.2) is 0 Å². The zero-order chi connectivity index (χ0) is 23.5.